The Kier molecular flexibility index (Phi) is 2.97. The molecule has 2 saturated heterocycles. The maximum atomic E-state index is 12.0. The highest BCUT2D eigenvalue weighted by Gasteiger charge is 2.44. The summed E-state index contributed by atoms with van der Waals surface area (Å²) in [5, 5.41) is 6.21. The van der Waals surface area contributed by atoms with E-state index in [1.807, 2.05) is 20.8 Å². The molecule has 1 amide bonds. The van der Waals surface area contributed by atoms with Crippen molar-refractivity contribution in [2.45, 2.75) is 57.3 Å². The van der Waals surface area contributed by atoms with E-state index < -0.39 is 0 Å². The van der Waals surface area contributed by atoms with Crippen LogP contribution in [0.2, 0.25) is 0 Å². The van der Waals surface area contributed by atoms with E-state index in [-0.39, 0.29) is 23.2 Å². The summed E-state index contributed by atoms with van der Waals surface area (Å²) in [7, 11) is 0. The largest absolute Gasteiger partial charge is 0.359 e. The normalized spacial score (nSPS) is 28.6. The third kappa shape index (κ3) is 2.55. The molecule has 2 aliphatic heterocycles. The van der Waals surface area contributed by atoms with Crippen LogP contribution in [0.4, 0.5) is 0 Å². The van der Waals surface area contributed by atoms with Crippen molar-refractivity contribution in [1.29, 1.82) is 0 Å². The molecule has 16 heavy (non-hydrogen) atoms. The second kappa shape index (κ2) is 4.00. The summed E-state index contributed by atoms with van der Waals surface area (Å²) in [5.74, 6) is 0.0403. The molecule has 0 aliphatic carbocycles. The van der Waals surface area contributed by atoms with Gasteiger partial charge in [-0.05, 0) is 40.0 Å². The molecular formula is C12H22N2O2. The topological polar surface area (TPSA) is 50.4 Å². The van der Waals surface area contributed by atoms with Crippen molar-refractivity contribution in [2.24, 2.45) is 0 Å². The van der Waals surface area contributed by atoms with Crippen molar-refractivity contribution in [3.8, 4) is 0 Å². The van der Waals surface area contributed by atoms with Gasteiger partial charge in [0.2, 0.25) is 5.91 Å². The van der Waals surface area contributed by atoms with E-state index in [4.69, 9.17) is 4.74 Å². The lowest BCUT2D eigenvalue weighted by molar-refractivity contribution is -0.172. The molecule has 1 spiro atoms. The molecule has 92 valence electrons. The number of ether oxygens (including phenoxy) is 1. The molecule has 2 fully saturated rings. The molecule has 2 aliphatic rings. The average Bonchev–Trinajstić information content (AvgIpc) is 2.13. The molecule has 0 bridgehead atoms. The summed E-state index contributed by atoms with van der Waals surface area (Å²) in [6, 6.07) is 0. The lowest BCUT2D eigenvalue weighted by Crippen LogP contribution is -2.65. The molecule has 0 saturated carbocycles. The lowest BCUT2D eigenvalue weighted by atomic mass is 9.86. The molecule has 1 unspecified atom stereocenters. The number of rotatable bonds is 1. The van der Waals surface area contributed by atoms with E-state index >= 15 is 0 Å². The number of amides is 1. The lowest BCUT2D eigenvalue weighted by Gasteiger charge is -2.47. The van der Waals surface area contributed by atoms with E-state index in [2.05, 4.69) is 10.6 Å². The van der Waals surface area contributed by atoms with Crippen LogP contribution in [0, 0.1) is 0 Å². The van der Waals surface area contributed by atoms with Gasteiger partial charge in [0.25, 0.3) is 0 Å². The highest BCUT2D eigenvalue weighted by Crippen LogP contribution is 2.32. The number of hydrogen-bond acceptors (Lipinski definition) is 3. The van der Waals surface area contributed by atoms with Crippen LogP contribution in [0.3, 0.4) is 0 Å². The fraction of sp³-hybridized carbons (Fsp3) is 0.917. The first kappa shape index (κ1) is 11.9. The van der Waals surface area contributed by atoms with Gasteiger partial charge in [-0.3, -0.25) is 4.79 Å². The van der Waals surface area contributed by atoms with Gasteiger partial charge in [-0.1, -0.05) is 0 Å². The third-order valence-corrected chi connectivity index (χ3v) is 3.18. The second-order valence-corrected chi connectivity index (χ2v) is 6.02. The highest BCUT2D eigenvalue weighted by molar-refractivity contribution is 5.81. The zero-order valence-corrected chi connectivity index (χ0v) is 10.4. The summed E-state index contributed by atoms with van der Waals surface area (Å²) in [4.78, 5) is 12.0. The molecule has 0 radical (unpaired) electrons. The molecule has 0 aromatic heterocycles. The van der Waals surface area contributed by atoms with Crippen LogP contribution >= 0.6 is 0 Å². The number of hydrogen-bond donors (Lipinski definition) is 2. The molecule has 1 atom stereocenters. The Bertz CT molecular complexity index is 279. The Morgan fingerprint density at radius 1 is 1.44 bits per heavy atom. The van der Waals surface area contributed by atoms with Crippen LogP contribution in [0.1, 0.15) is 40.0 Å². The quantitative estimate of drug-likeness (QED) is 0.696. The fourth-order valence-corrected chi connectivity index (χ4v) is 2.33. The highest BCUT2D eigenvalue weighted by atomic mass is 16.5. The maximum Gasteiger partial charge on any atom is 0.249 e. The maximum absolute atomic E-state index is 12.0. The fourth-order valence-electron chi connectivity index (χ4n) is 2.33. The SMILES string of the molecule is CC(C)(C)NC(=O)C1CCCC2(CNC2)O1. The number of nitrogens with one attached hydrogen (secondary N) is 2. The van der Waals surface area contributed by atoms with E-state index in [1.54, 1.807) is 0 Å². The van der Waals surface area contributed by atoms with Crippen LogP contribution in [-0.4, -0.2) is 36.2 Å². The monoisotopic (exact) mass is 226 g/mol. The standard InChI is InChI=1S/C12H22N2O2/c1-11(2,3)14-10(15)9-5-4-6-12(16-9)7-13-8-12/h9,13H,4-8H2,1-3H3,(H,14,15). The first-order valence-corrected chi connectivity index (χ1v) is 6.11. The van der Waals surface area contributed by atoms with Gasteiger partial charge >= 0.3 is 0 Å². The molecule has 2 rings (SSSR count). The van der Waals surface area contributed by atoms with Gasteiger partial charge in [0, 0.05) is 18.6 Å². The van der Waals surface area contributed by atoms with Crippen molar-refractivity contribution < 1.29 is 9.53 Å². The minimum atomic E-state index is -0.255. The zero-order chi connectivity index (χ0) is 11.8. The van der Waals surface area contributed by atoms with Gasteiger partial charge in [0.05, 0.1) is 5.60 Å². The van der Waals surface area contributed by atoms with Crippen molar-refractivity contribution in [2.75, 3.05) is 13.1 Å². The van der Waals surface area contributed by atoms with Crippen LogP contribution in [-0.2, 0) is 9.53 Å². The smallest absolute Gasteiger partial charge is 0.249 e. The zero-order valence-electron chi connectivity index (χ0n) is 10.4. The molecule has 2 heterocycles. The first-order valence-electron chi connectivity index (χ1n) is 6.11. The Morgan fingerprint density at radius 3 is 2.62 bits per heavy atom. The van der Waals surface area contributed by atoms with Crippen molar-refractivity contribution in [3.63, 3.8) is 0 Å². The van der Waals surface area contributed by atoms with Gasteiger partial charge in [-0.15, -0.1) is 0 Å². The molecule has 0 aromatic carbocycles. The Hall–Kier alpha value is -0.610. The minimum Gasteiger partial charge on any atom is -0.359 e. The van der Waals surface area contributed by atoms with E-state index in [0.717, 1.165) is 32.4 Å². The van der Waals surface area contributed by atoms with Gasteiger partial charge in [0.1, 0.15) is 6.10 Å². The van der Waals surface area contributed by atoms with Gasteiger partial charge in [0.15, 0.2) is 0 Å². The van der Waals surface area contributed by atoms with Gasteiger partial charge in [-0.25, -0.2) is 0 Å². The molecule has 4 nitrogen and oxygen atoms in total. The predicted molar refractivity (Wildman–Crippen MR) is 62.2 cm³/mol. The van der Waals surface area contributed by atoms with Crippen LogP contribution in [0.5, 0.6) is 0 Å². The summed E-state index contributed by atoms with van der Waals surface area (Å²) in [6.07, 6.45) is 2.77. The van der Waals surface area contributed by atoms with Crippen LogP contribution in [0.25, 0.3) is 0 Å². The van der Waals surface area contributed by atoms with E-state index in [9.17, 15) is 4.79 Å². The summed E-state index contributed by atoms with van der Waals surface area (Å²) >= 11 is 0. The Balaban J connectivity index is 1.91. The third-order valence-electron chi connectivity index (χ3n) is 3.18. The molecule has 2 N–H and O–H groups in total. The average molecular weight is 226 g/mol. The van der Waals surface area contributed by atoms with Gasteiger partial charge < -0.3 is 15.4 Å². The second-order valence-electron chi connectivity index (χ2n) is 6.02. The van der Waals surface area contributed by atoms with Crippen LogP contribution in [0.15, 0.2) is 0 Å². The van der Waals surface area contributed by atoms with Crippen molar-refractivity contribution >= 4 is 5.91 Å². The number of carbonyl (C=O) groups excluding carboxylic acids is 1. The summed E-state index contributed by atoms with van der Waals surface area (Å²) in [6.45, 7) is 7.77. The predicted octanol–water partition coefficient (Wildman–Crippen LogP) is 0.812. The van der Waals surface area contributed by atoms with E-state index in [1.165, 1.54) is 0 Å². The number of carbonyl (C=O) groups is 1. The van der Waals surface area contributed by atoms with Gasteiger partial charge in [-0.2, -0.15) is 0 Å². The summed E-state index contributed by atoms with van der Waals surface area (Å²) in [5.41, 5.74) is -0.221. The van der Waals surface area contributed by atoms with Crippen molar-refractivity contribution in [1.82, 2.24) is 10.6 Å². The van der Waals surface area contributed by atoms with Crippen molar-refractivity contribution in [3.05, 3.63) is 0 Å². The first-order chi connectivity index (χ1) is 7.40. The molecular weight excluding hydrogens is 204 g/mol. The minimum absolute atomic E-state index is 0.0403. The van der Waals surface area contributed by atoms with Crippen LogP contribution < -0.4 is 10.6 Å². The summed E-state index contributed by atoms with van der Waals surface area (Å²) < 4.78 is 5.94. The van der Waals surface area contributed by atoms with E-state index in [0.29, 0.717) is 0 Å². The molecule has 0 aromatic rings. The Morgan fingerprint density at radius 2 is 2.12 bits per heavy atom. The Labute approximate surface area is 97.1 Å². The molecule has 4 heteroatoms.